The SMILES string of the molecule is [2H]C1([2H])CCCC([2H])([2H])C1(c1ccccc1)c1ccnc(-n2c3ccccc3c3ccc(C(C)(C)c4cccc(N5CN(c6c(-c7ccccc7)cccc6-c6ccccc6)c6ccccc65)c4)cc32)c1. The Morgan fingerprint density at radius 3 is 1.81 bits per heavy atom. The van der Waals surface area contributed by atoms with Crippen molar-refractivity contribution in [3.8, 4) is 28.1 Å². The lowest BCUT2D eigenvalue weighted by atomic mass is 9.65. The molecule has 4 heteroatoms. The van der Waals surface area contributed by atoms with E-state index in [4.69, 9.17) is 4.98 Å². The molecule has 2 aromatic heterocycles. The highest BCUT2D eigenvalue weighted by Crippen LogP contribution is 2.51. The molecule has 1 fully saturated rings. The van der Waals surface area contributed by atoms with Crippen LogP contribution in [-0.4, -0.2) is 16.2 Å². The number of nitrogens with zero attached hydrogens (tertiary/aromatic N) is 4. The third-order valence-electron chi connectivity index (χ3n) is 14.2. The Morgan fingerprint density at radius 1 is 0.493 bits per heavy atom. The van der Waals surface area contributed by atoms with Crippen molar-refractivity contribution in [2.45, 2.75) is 56.7 Å². The number of fused-ring (bicyclic) bond motifs is 4. The van der Waals surface area contributed by atoms with E-state index < -0.39 is 23.6 Å². The summed E-state index contributed by atoms with van der Waals surface area (Å²) in [7, 11) is 0. The normalized spacial score (nSPS) is 17.1. The summed E-state index contributed by atoms with van der Waals surface area (Å²) in [6.45, 7) is 5.21. The van der Waals surface area contributed by atoms with Gasteiger partial charge in [-0.2, -0.15) is 0 Å². The van der Waals surface area contributed by atoms with Gasteiger partial charge in [0.2, 0.25) is 0 Å². The lowest BCUT2D eigenvalue weighted by molar-refractivity contribution is 0.345. The predicted molar refractivity (Wildman–Crippen MR) is 280 cm³/mol. The van der Waals surface area contributed by atoms with Gasteiger partial charge in [0.15, 0.2) is 0 Å². The molecule has 0 radical (unpaired) electrons. The van der Waals surface area contributed by atoms with E-state index in [1.165, 1.54) is 33.5 Å². The van der Waals surface area contributed by atoms with Gasteiger partial charge in [-0.25, -0.2) is 4.98 Å². The second-order valence-electron chi connectivity index (χ2n) is 18.4. The van der Waals surface area contributed by atoms with Crippen molar-refractivity contribution >= 4 is 44.6 Å². The fourth-order valence-corrected chi connectivity index (χ4v) is 10.7. The minimum Gasteiger partial charge on any atom is -0.321 e. The highest BCUT2D eigenvalue weighted by atomic mass is 15.4. The minimum atomic E-state index is -1.87. The summed E-state index contributed by atoms with van der Waals surface area (Å²) in [6.07, 6.45) is -1.01. The average molecular weight is 871 g/mol. The van der Waals surface area contributed by atoms with Gasteiger partial charge < -0.3 is 9.80 Å². The molecule has 2 aliphatic rings. The fourth-order valence-electron chi connectivity index (χ4n) is 10.7. The van der Waals surface area contributed by atoms with Crippen LogP contribution in [0.1, 0.15) is 73.6 Å². The van der Waals surface area contributed by atoms with E-state index in [-0.39, 0.29) is 12.8 Å². The molecule has 0 saturated heterocycles. The molecule has 0 bridgehead atoms. The summed E-state index contributed by atoms with van der Waals surface area (Å²) in [5, 5.41) is 2.17. The van der Waals surface area contributed by atoms with Crippen LogP contribution in [-0.2, 0) is 10.8 Å². The quantitative estimate of drug-likeness (QED) is 0.144. The van der Waals surface area contributed by atoms with Gasteiger partial charge in [0.05, 0.1) is 28.1 Å². The zero-order chi connectivity index (χ0) is 48.5. The van der Waals surface area contributed by atoms with Crippen LogP contribution in [0.5, 0.6) is 0 Å². The maximum atomic E-state index is 9.58. The predicted octanol–water partition coefficient (Wildman–Crippen LogP) is 16.3. The van der Waals surface area contributed by atoms with Gasteiger partial charge >= 0.3 is 0 Å². The number of hydrogen-bond donors (Lipinski definition) is 0. The van der Waals surface area contributed by atoms with E-state index in [0.29, 0.717) is 30.0 Å². The van der Waals surface area contributed by atoms with Crippen LogP contribution in [0.25, 0.3) is 49.9 Å². The van der Waals surface area contributed by atoms with E-state index in [1.54, 1.807) is 6.20 Å². The Hall–Kier alpha value is -7.69. The molecule has 0 atom stereocenters. The molecule has 1 saturated carbocycles. The molecule has 1 aliphatic heterocycles. The van der Waals surface area contributed by atoms with Crippen molar-refractivity contribution in [3.63, 3.8) is 0 Å². The first-order chi connectivity index (χ1) is 34.5. The first-order valence-electron chi connectivity index (χ1n) is 25.5. The van der Waals surface area contributed by atoms with E-state index in [0.717, 1.165) is 44.4 Å². The highest BCUT2D eigenvalue weighted by Gasteiger charge is 2.37. The van der Waals surface area contributed by atoms with Crippen molar-refractivity contribution in [2.75, 3.05) is 16.5 Å². The fraction of sp³-hybridized carbons (Fsp3) is 0.159. The number of pyridine rings is 1. The van der Waals surface area contributed by atoms with Gasteiger partial charge in [0.1, 0.15) is 12.5 Å². The Kier molecular flexibility index (Phi) is 9.07. The van der Waals surface area contributed by atoms with Gasteiger partial charge in [-0.1, -0.05) is 197 Å². The molecule has 67 heavy (non-hydrogen) atoms. The monoisotopic (exact) mass is 870 g/mol. The maximum absolute atomic E-state index is 9.58. The van der Waals surface area contributed by atoms with E-state index in [2.05, 4.69) is 192 Å². The average Bonchev–Trinajstić information content (AvgIpc) is 3.95. The largest absolute Gasteiger partial charge is 0.321 e. The molecule has 0 N–H and O–H groups in total. The standard InChI is InChI=1S/C63H54N4/c1-62(2,49-35-36-55-54-29-13-14-32-56(54)67(59(55)42-49)60-43-50(37-40-64-60)63(38-17-6-18-39-63)47-25-11-5-12-26-47)48-27-19-28-51(41-48)65-44-66(58-34-16-15-33-57(58)65)61-52(45-21-7-3-8-22-45)30-20-31-53(61)46-23-9-4-10-24-46/h3-5,7-16,19-37,40-43H,6,17-18,38-39,44H2,1-2H3/i38D2,39D2. The summed E-state index contributed by atoms with van der Waals surface area (Å²) in [4.78, 5) is 9.92. The van der Waals surface area contributed by atoms with Crippen LogP contribution < -0.4 is 9.80 Å². The Balaban J connectivity index is 0.959. The third-order valence-corrected chi connectivity index (χ3v) is 14.2. The van der Waals surface area contributed by atoms with Crippen LogP contribution in [0.15, 0.2) is 219 Å². The molecule has 0 unspecified atom stereocenters. The molecule has 326 valence electrons. The number of aromatic nitrogens is 2. The lowest BCUT2D eigenvalue weighted by Crippen LogP contribution is -2.30. The molecule has 4 nitrogen and oxygen atoms in total. The topological polar surface area (TPSA) is 24.3 Å². The zero-order valence-corrected chi connectivity index (χ0v) is 37.9. The molecular weight excluding hydrogens is 813 g/mol. The summed E-state index contributed by atoms with van der Waals surface area (Å²) in [5.41, 5.74) is 12.8. The molecule has 0 amide bonds. The summed E-state index contributed by atoms with van der Waals surface area (Å²) < 4.78 is 40.5. The summed E-state index contributed by atoms with van der Waals surface area (Å²) >= 11 is 0. The molecule has 0 spiro atoms. The van der Waals surface area contributed by atoms with Crippen molar-refractivity contribution in [3.05, 3.63) is 241 Å². The number of benzene rings is 8. The summed E-state index contributed by atoms with van der Waals surface area (Å²) in [6, 6.07) is 74.1. The highest BCUT2D eigenvalue weighted by molar-refractivity contribution is 6.09. The van der Waals surface area contributed by atoms with Gasteiger partial charge in [-0.05, 0) is 94.7 Å². The molecular formula is C63H54N4. The van der Waals surface area contributed by atoms with Gasteiger partial charge in [-0.15, -0.1) is 0 Å². The van der Waals surface area contributed by atoms with Crippen LogP contribution in [0.2, 0.25) is 0 Å². The number of anilines is 4. The van der Waals surface area contributed by atoms with Crippen LogP contribution >= 0.6 is 0 Å². The van der Waals surface area contributed by atoms with Crippen molar-refractivity contribution in [1.82, 2.24) is 9.55 Å². The van der Waals surface area contributed by atoms with Gasteiger partial charge in [-0.3, -0.25) is 4.57 Å². The van der Waals surface area contributed by atoms with Crippen LogP contribution in [0.4, 0.5) is 22.7 Å². The molecule has 8 aromatic carbocycles. The van der Waals surface area contributed by atoms with E-state index >= 15 is 0 Å². The van der Waals surface area contributed by atoms with Gasteiger partial charge in [0.25, 0.3) is 0 Å². The third kappa shape index (κ3) is 6.93. The second kappa shape index (κ2) is 16.6. The summed E-state index contributed by atoms with van der Waals surface area (Å²) in [5.74, 6) is 0.625. The number of hydrogen-bond acceptors (Lipinski definition) is 3. The molecule has 1 aliphatic carbocycles. The number of para-hydroxylation sites is 4. The molecule has 12 rings (SSSR count). The van der Waals surface area contributed by atoms with E-state index in [9.17, 15) is 5.48 Å². The first-order valence-corrected chi connectivity index (χ1v) is 23.5. The first kappa shape index (κ1) is 36.5. The smallest absolute Gasteiger partial charge is 0.137 e. The van der Waals surface area contributed by atoms with Crippen LogP contribution in [0, 0.1) is 0 Å². The Bertz CT molecular complexity index is 3530. The van der Waals surface area contributed by atoms with Crippen molar-refractivity contribution in [2.24, 2.45) is 0 Å². The van der Waals surface area contributed by atoms with Crippen molar-refractivity contribution < 1.29 is 5.48 Å². The Labute approximate surface area is 400 Å². The zero-order valence-electron chi connectivity index (χ0n) is 41.9. The van der Waals surface area contributed by atoms with Gasteiger partial charge in [0, 0.05) is 50.1 Å². The molecule has 3 heterocycles. The molecule has 10 aromatic rings. The van der Waals surface area contributed by atoms with Crippen molar-refractivity contribution in [1.29, 1.82) is 0 Å². The van der Waals surface area contributed by atoms with E-state index in [1.807, 2.05) is 48.5 Å². The Morgan fingerprint density at radius 2 is 1.09 bits per heavy atom. The van der Waals surface area contributed by atoms with Crippen LogP contribution in [0.3, 0.4) is 0 Å². The maximum Gasteiger partial charge on any atom is 0.137 e. The minimum absolute atomic E-state index is 0.258. The second-order valence-corrected chi connectivity index (χ2v) is 18.4. The number of rotatable bonds is 9. The lowest BCUT2D eigenvalue weighted by Gasteiger charge is -2.38.